The number of anilines is 1. The van der Waals surface area contributed by atoms with Crippen LogP contribution in [0, 0.1) is 0 Å². The molecular formula is C12H15NO5S. The van der Waals surface area contributed by atoms with Crippen molar-refractivity contribution in [2.45, 2.75) is 20.0 Å². The molecule has 1 atom stereocenters. The van der Waals surface area contributed by atoms with Gasteiger partial charge in [0.2, 0.25) is 15.8 Å². The zero-order valence-corrected chi connectivity index (χ0v) is 11.7. The highest BCUT2D eigenvalue weighted by atomic mass is 32.2. The lowest BCUT2D eigenvalue weighted by atomic mass is 10.1. The predicted octanol–water partition coefficient (Wildman–Crippen LogP) is 1.19. The Labute approximate surface area is 111 Å². The molecule has 0 spiro atoms. The van der Waals surface area contributed by atoms with Crippen LogP contribution in [0.3, 0.4) is 0 Å². The van der Waals surface area contributed by atoms with Gasteiger partial charge in [-0.2, -0.15) is 0 Å². The number of benzene rings is 1. The molecule has 104 valence electrons. The topological polar surface area (TPSA) is 89.5 Å². The Morgan fingerprint density at radius 3 is 2.16 bits per heavy atom. The second kappa shape index (κ2) is 5.83. The molecular weight excluding hydrogens is 270 g/mol. The Bertz CT molecular complexity index is 577. The minimum atomic E-state index is -3.35. The minimum Gasteiger partial charge on any atom is -0.454 e. The third-order valence-corrected chi connectivity index (χ3v) is 2.79. The number of ketones is 1. The van der Waals surface area contributed by atoms with E-state index >= 15 is 0 Å². The molecule has 0 saturated heterocycles. The van der Waals surface area contributed by atoms with Gasteiger partial charge in [-0.15, -0.1) is 0 Å². The quantitative estimate of drug-likeness (QED) is 0.648. The number of nitrogens with one attached hydrogen (secondary N) is 1. The number of sulfonamides is 1. The van der Waals surface area contributed by atoms with E-state index in [1.807, 2.05) is 0 Å². The molecule has 0 saturated carbocycles. The van der Waals surface area contributed by atoms with Crippen molar-refractivity contribution in [1.82, 2.24) is 0 Å². The lowest BCUT2D eigenvalue weighted by Crippen LogP contribution is -2.23. The molecule has 0 unspecified atom stereocenters. The maximum atomic E-state index is 11.9. The Kier molecular flexibility index (Phi) is 4.66. The van der Waals surface area contributed by atoms with Gasteiger partial charge in [0, 0.05) is 18.2 Å². The minimum absolute atomic E-state index is 0.341. The maximum absolute atomic E-state index is 11.9. The standard InChI is InChI=1S/C12H15NO5S/c1-8(18-9(2)14)12(15)10-4-6-11(7-5-10)13-19(3,16)17/h4-8,13H,1-3H3/t8-/m0/s1. The SMILES string of the molecule is CC(=O)O[C@@H](C)C(=O)c1ccc(NS(C)(=O)=O)cc1. The molecule has 0 fully saturated rings. The molecule has 0 aliphatic rings. The average molecular weight is 285 g/mol. The van der Waals surface area contributed by atoms with E-state index in [0.717, 1.165) is 6.26 Å². The van der Waals surface area contributed by atoms with Gasteiger partial charge in [0.25, 0.3) is 0 Å². The monoisotopic (exact) mass is 285 g/mol. The molecule has 0 aliphatic heterocycles. The van der Waals surface area contributed by atoms with Crippen LogP contribution in [0.25, 0.3) is 0 Å². The molecule has 0 heterocycles. The smallest absolute Gasteiger partial charge is 0.303 e. The zero-order chi connectivity index (χ0) is 14.6. The molecule has 1 rings (SSSR count). The van der Waals surface area contributed by atoms with Crippen molar-refractivity contribution in [2.24, 2.45) is 0 Å². The molecule has 6 nitrogen and oxygen atoms in total. The molecule has 0 aliphatic carbocycles. The summed E-state index contributed by atoms with van der Waals surface area (Å²) in [7, 11) is -3.35. The van der Waals surface area contributed by atoms with E-state index in [1.165, 1.54) is 38.1 Å². The number of rotatable bonds is 5. The summed E-state index contributed by atoms with van der Waals surface area (Å²) >= 11 is 0. The fourth-order valence-electron chi connectivity index (χ4n) is 1.45. The van der Waals surface area contributed by atoms with Crippen LogP contribution in [-0.4, -0.2) is 32.5 Å². The van der Waals surface area contributed by atoms with Gasteiger partial charge in [-0.25, -0.2) is 8.42 Å². The summed E-state index contributed by atoms with van der Waals surface area (Å²) in [6, 6.07) is 5.87. The Balaban J connectivity index is 2.81. The number of esters is 1. The molecule has 0 radical (unpaired) electrons. The first-order valence-electron chi connectivity index (χ1n) is 5.48. The van der Waals surface area contributed by atoms with Crippen molar-refractivity contribution in [3.63, 3.8) is 0 Å². The third kappa shape index (κ3) is 5.09. The van der Waals surface area contributed by atoms with Crippen LogP contribution in [0.2, 0.25) is 0 Å². The summed E-state index contributed by atoms with van der Waals surface area (Å²) in [4.78, 5) is 22.6. The highest BCUT2D eigenvalue weighted by Crippen LogP contribution is 2.13. The summed E-state index contributed by atoms with van der Waals surface area (Å²) < 4.78 is 29.1. The van der Waals surface area contributed by atoms with E-state index in [9.17, 15) is 18.0 Å². The summed E-state index contributed by atoms with van der Waals surface area (Å²) in [5.74, 6) is -0.877. The van der Waals surface area contributed by atoms with E-state index in [1.54, 1.807) is 0 Å². The van der Waals surface area contributed by atoms with Crippen LogP contribution < -0.4 is 4.72 Å². The van der Waals surface area contributed by atoms with E-state index in [-0.39, 0.29) is 5.78 Å². The number of Topliss-reactive ketones (excluding diaryl/α,β-unsaturated/α-hetero) is 1. The average Bonchev–Trinajstić information content (AvgIpc) is 2.26. The molecule has 1 aromatic rings. The predicted molar refractivity (Wildman–Crippen MR) is 70.5 cm³/mol. The Morgan fingerprint density at radius 1 is 1.21 bits per heavy atom. The lowest BCUT2D eigenvalue weighted by Gasteiger charge is -2.11. The summed E-state index contributed by atoms with van der Waals surface area (Å²) in [6.45, 7) is 2.70. The summed E-state index contributed by atoms with van der Waals surface area (Å²) in [6.07, 6.45) is 0.167. The van der Waals surface area contributed by atoms with Crippen LogP contribution in [0.15, 0.2) is 24.3 Å². The van der Waals surface area contributed by atoms with Gasteiger partial charge >= 0.3 is 5.97 Å². The van der Waals surface area contributed by atoms with Gasteiger partial charge in [-0.1, -0.05) is 0 Å². The number of carbonyl (C=O) groups is 2. The number of hydrogen-bond acceptors (Lipinski definition) is 5. The highest BCUT2D eigenvalue weighted by molar-refractivity contribution is 7.92. The second-order valence-electron chi connectivity index (χ2n) is 4.07. The normalized spacial score (nSPS) is 12.6. The van der Waals surface area contributed by atoms with Crippen LogP contribution in [0.5, 0.6) is 0 Å². The van der Waals surface area contributed by atoms with Crippen LogP contribution in [-0.2, 0) is 19.6 Å². The van der Waals surface area contributed by atoms with E-state index < -0.39 is 22.1 Å². The molecule has 0 bridgehead atoms. The summed E-state index contributed by atoms with van der Waals surface area (Å²) in [5, 5.41) is 0. The van der Waals surface area contributed by atoms with Crippen molar-refractivity contribution < 1.29 is 22.7 Å². The number of hydrogen-bond donors (Lipinski definition) is 1. The first-order valence-corrected chi connectivity index (χ1v) is 7.37. The second-order valence-corrected chi connectivity index (χ2v) is 5.82. The van der Waals surface area contributed by atoms with Crippen molar-refractivity contribution in [1.29, 1.82) is 0 Å². The van der Waals surface area contributed by atoms with Crippen LogP contribution in [0.1, 0.15) is 24.2 Å². The van der Waals surface area contributed by atoms with E-state index in [4.69, 9.17) is 4.74 Å². The zero-order valence-electron chi connectivity index (χ0n) is 10.8. The fraction of sp³-hybridized carbons (Fsp3) is 0.333. The first kappa shape index (κ1) is 15.2. The molecule has 0 amide bonds. The highest BCUT2D eigenvalue weighted by Gasteiger charge is 2.17. The molecule has 1 aromatic carbocycles. The summed E-state index contributed by atoms with van der Waals surface area (Å²) in [5.41, 5.74) is 0.701. The van der Waals surface area contributed by atoms with Gasteiger partial charge in [0.1, 0.15) is 0 Å². The number of carbonyl (C=O) groups excluding carboxylic acids is 2. The van der Waals surface area contributed by atoms with Crippen molar-refractivity contribution >= 4 is 27.5 Å². The maximum Gasteiger partial charge on any atom is 0.303 e. The van der Waals surface area contributed by atoms with E-state index in [2.05, 4.69) is 4.72 Å². The van der Waals surface area contributed by atoms with Crippen LogP contribution >= 0.6 is 0 Å². The van der Waals surface area contributed by atoms with Gasteiger partial charge in [0.15, 0.2) is 6.10 Å². The van der Waals surface area contributed by atoms with Gasteiger partial charge in [-0.3, -0.25) is 14.3 Å². The number of ether oxygens (including phenoxy) is 1. The third-order valence-electron chi connectivity index (χ3n) is 2.18. The van der Waals surface area contributed by atoms with Gasteiger partial charge in [-0.05, 0) is 31.2 Å². The van der Waals surface area contributed by atoms with Crippen molar-refractivity contribution in [3.05, 3.63) is 29.8 Å². The lowest BCUT2D eigenvalue weighted by molar-refractivity contribution is -0.143. The fourth-order valence-corrected chi connectivity index (χ4v) is 2.02. The van der Waals surface area contributed by atoms with Gasteiger partial charge < -0.3 is 4.74 Å². The molecule has 0 aromatic heterocycles. The Hall–Kier alpha value is -1.89. The molecule has 7 heteroatoms. The van der Waals surface area contributed by atoms with Crippen LogP contribution in [0.4, 0.5) is 5.69 Å². The van der Waals surface area contributed by atoms with Crippen molar-refractivity contribution in [2.75, 3.05) is 11.0 Å². The molecule has 1 N–H and O–H groups in total. The van der Waals surface area contributed by atoms with Gasteiger partial charge in [0.05, 0.1) is 6.26 Å². The molecule has 19 heavy (non-hydrogen) atoms. The largest absolute Gasteiger partial charge is 0.454 e. The van der Waals surface area contributed by atoms with E-state index in [0.29, 0.717) is 11.3 Å². The first-order chi connectivity index (χ1) is 8.69. The van der Waals surface area contributed by atoms with Crippen molar-refractivity contribution in [3.8, 4) is 0 Å². The Morgan fingerprint density at radius 2 is 1.74 bits per heavy atom.